The minimum Gasteiger partial charge on any atom is -0.385 e. The number of imide groups is 1. The molecule has 1 aliphatic heterocycles. The van der Waals surface area contributed by atoms with Crippen molar-refractivity contribution in [2.45, 2.75) is 39.3 Å². The third-order valence-corrected chi connectivity index (χ3v) is 5.60. The summed E-state index contributed by atoms with van der Waals surface area (Å²) >= 11 is 0. The van der Waals surface area contributed by atoms with Crippen LogP contribution in [0.4, 0.5) is 9.18 Å². The fourth-order valence-electron chi connectivity index (χ4n) is 3.84. The van der Waals surface area contributed by atoms with Crippen molar-refractivity contribution in [3.05, 3.63) is 58.7 Å². The number of methoxy groups -OCH3 is 1. The number of carbonyl (C=O) groups is 3. The van der Waals surface area contributed by atoms with Gasteiger partial charge in [-0.15, -0.1) is 0 Å². The molecule has 1 N–H and O–H groups in total. The van der Waals surface area contributed by atoms with E-state index in [0.717, 1.165) is 22.7 Å². The van der Waals surface area contributed by atoms with Gasteiger partial charge in [0.05, 0.1) is 6.54 Å². The van der Waals surface area contributed by atoms with Gasteiger partial charge in [0.2, 0.25) is 0 Å². The van der Waals surface area contributed by atoms with E-state index >= 15 is 0 Å². The summed E-state index contributed by atoms with van der Waals surface area (Å²) in [4.78, 5) is 39.3. The van der Waals surface area contributed by atoms with Gasteiger partial charge < -0.3 is 14.6 Å². The molecule has 30 heavy (non-hydrogen) atoms. The second kappa shape index (κ2) is 8.39. The monoisotopic (exact) mass is 415 g/mol. The fourth-order valence-corrected chi connectivity index (χ4v) is 3.84. The predicted molar refractivity (Wildman–Crippen MR) is 109 cm³/mol. The van der Waals surface area contributed by atoms with Gasteiger partial charge in [0, 0.05) is 37.2 Å². The van der Waals surface area contributed by atoms with E-state index in [1.54, 1.807) is 20.1 Å². The number of rotatable bonds is 8. The summed E-state index contributed by atoms with van der Waals surface area (Å²) in [6.45, 7) is 6.28. The van der Waals surface area contributed by atoms with Gasteiger partial charge in [0.1, 0.15) is 11.4 Å². The summed E-state index contributed by atoms with van der Waals surface area (Å²) in [6.07, 6.45) is 0.809. The highest BCUT2D eigenvalue weighted by atomic mass is 19.1. The summed E-state index contributed by atoms with van der Waals surface area (Å²) < 4.78 is 20.4. The van der Waals surface area contributed by atoms with Gasteiger partial charge in [-0.3, -0.25) is 14.5 Å². The molecule has 7 nitrogen and oxygen atoms in total. The zero-order chi connectivity index (χ0) is 22.1. The molecule has 1 fully saturated rings. The molecule has 0 bridgehead atoms. The van der Waals surface area contributed by atoms with E-state index in [-0.39, 0.29) is 12.3 Å². The van der Waals surface area contributed by atoms with Gasteiger partial charge in [0.25, 0.3) is 5.91 Å². The standard InChI is InChI=1S/C22H26FN3O4/c1-14-12-18(15(2)25(14)10-5-11-30-4)19(27)13-26-20(28)22(3,24-21(26)29)16-6-8-17(23)9-7-16/h6-9,12H,5,10-11,13H2,1-4H3,(H,24,29). The molecule has 0 radical (unpaired) electrons. The first-order valence-electron chi connectivity index (χ1n) is 9.78. The van der Waals surface area contributed by atoms with Crippen molar-refractivity contribution in [2.24, 2.45) is 0 Å². The molecule has 160 valence electrons. The summed E-state index contributed by atoms with van der Waals surface area (Å²) in [6, 6.07) is 6.49. The molecular formula is C22H26FN3O4. The Morgan fingerprint density at radius 2 is 1.87 bits per heavy atom. The quantitative estimate of drug-likeness (QED) is 0.408. The van der Waals surface area contributed by atoms with Crippen LogP contribution in [0.25, 0.3) is 0 Å². The van der Waals surface area contributed by atoms with Crippen LogP contribution < -0.4 is 5.32 Å². The number of benzene rings is 1. The van der Waals surface area contributed by atoms with Gasteiger partial charge >= 0.3 is 6.03 Å². The number of Topliss-reactive ketones (excluding diaryl/α,β-unsaturated/α-hetero) is 1. The molecule has 8 heteroatoms. The molecule has 0 spiro atoms. The smallest absolute Gasteiger partial charge is 0.325 e. The highest BCUT2D eigenvalue weighted by molar-refractivity contribution is 6.11. The van der Waals surface area contributed by atoms with E-state index in [1.807, 2.05) is 18.4 Å². The molecule has 0 saturated carbocycles. The van der Waals surface area contributed by atoms with Gasteiger partial charge in [0.15, 0.2) is 5.78 Å². The summed E-state index contributed by atoms with van der Waals surface area (Å²) in [5, 5.41) is 2.63. The predicted octanol–water partition coefficient (Wildman–Crippen LogP) is 2.93. The van der Waals surface area contributed by atoms with E-state index in [1.165, 1.54) is 24.3 Å². The SMILES string of the molecule is COCCCn1c(C)cc(C(=O)CN2C(=O)NC(C)(c3ccc(F)cc3)C2=O)c1C. The molecule has 3 rings (SSSR count). The van der Waals surface area contributed by atoms with Crippen LogP contribution in [0.1, 0.15) is 40.7 Å². The molecule has 2 heterocycles. The van der Waals surface area contributed by atoms with Crippen LogP contribution in [-0.2, 0) is 21.6 Å². The Hall–Kier alpha value is -3.00. The number of ketones is 1. The third kappa shape index (κ3) is 3.87. The van der Waals surface area contributed by atoms with E-state index in [4.69, 9.17) is 4.74 Å². The number of aromatic nitrogens is 1. The lowest BCUT2D eigenvalue weighted by Gasteiger charge is -2.22. The molecule has 1 atom stereocenters. The largest absolute Gasteiger partial charge is 0.385 e. The van der Waals surface area contributed by atoms with Gasteiger partial charge in [-0.25, -0.2) is 9.18 Å². The number of hydrogen-bond acceptors (Lipinski definition) is 4. The molecule has 1 aromatic carbocycles. The zero-order valence-corrected chi connectivity index (χ0v) is 17.6. The Bertz CT molecular complexity index is 983. The lowest BCUT2D eigenvalue weighted by Crippen LogP contribution is -2.41. The van der Waals surface area contributed by atoms with Crippen molar-refractivity contribution >= 4 is 17.7 Å². The fraction of sp³-hybridized carbons (Fsp3) is 0.409. The van der Waals surface area contributed by atoms with E-state index in [2.05, 4.69) is 5.32 Å². The van der Waals surface area contributed by atoms with Crippen LogP contribution in [-0.4, -0.2) is 47.4 Å². The normalized spacial score (nSPS) is 18.8. The lowest BCUT2D eigenvalue weighted by molar-refractivity contribution is -0.130. The van der Waals surface area contributed by atoms with E-state index < -0.39 is 23.3 Å². The first-order valence-corrected chi connectivity index (χ1v) is 9.78. The molecular weight excluding hydrogens is 389 g/mol. The highest BCUT2D eigenvalue weighted by Crippen LogP contribution is 2.29. The van der Waals surface area contributed by atoms with Crippen molar-refractivity contribution in [1.29, 1.82) is 0 Å². The molecule has 1 aromatic heterocycles. The van der Waals surface area contributed by atoms with Crippen LogP contribution in [0.2, 0.25) is 0 Å². The van der Waals surface area contributed by atoms with Gasteiger partial charge in [-0.05, 0) is 51.0 Å². The summed E-state index contributed by atoms with van der Waals surface area (Å²) in [7, 11) is 1.64. The third-order valence-electron chi connectivity index (χ3n) is 5.60. The second-order valence-corrected chi connectivity index (χ2v) is 7.66. The van der Waals surface area contributed by atoms with Crippen LogP contribution in [0, 0.1) is 19.7 Å². The van der Waals surface area contributed by atoms with Crippen LogP contribution in [0.3, 0.4) is 0 Å². The van der Waals surface area contributed by atoms with E-state index in [0.29, 0.717) is 24.3 Å². The van der Waals surface area contributed by atoms with Crippen molar-refractivity contribution in [1.82, 2.24) is 14.8 Å². The van der Waals surface area contributed by atoms with Crippen LogP contribution in [0.5, 0.6) is 0 Å². The Labute approximate surface area is 174 Å². The number of ether oxygens (including phenoxy) is 1. The highest BCUT2D eigenvalue weighted by Gasteiger charge is 2.49. The maximum Gasteiger partial charge on any atom is 0.325 e. The topological polar surface area (TPSA) is 80.6 Å². The van der Waals surface area contributed by atoms with Crippen molar-refractivity contribution in [3.8, 4) is 0 Å². The minimum atomic E-state index is -1.35. The van der Waals surface area contributed by atoms with Crippen LogP contribution >= 0.6 is 0 Å². The second-order valence-electron chi connectivity index (χ2n) is 7.66. The average molecular weight is 415 g/mol. The van der Waals surface area contributed by atoms with Gasteiger partial charge in [-0.1, -0.05) is 12.1 Å². The number of urea groups is 1. The maximum atomic E-state index is 13.2. The molecule has 2 aromatic rings. The number of nitrogens with zero attached hydrogens (tertiary/aromatic N) is 2. The first kappa shape index (κ1) is 21.7. The lowest BCUT2D eigenvalue weighted by atomic mass is 9.92. The number of nitrogens with one attached hydrogen (secondary N) is 1. The minimum absolute atomic E-state index is 0.312. The summed E-state index contributed by atoms with van der Waals surface area (Å²) in [5.74, 6) is -1.29. The molecule has 1 unspecified atom stereocenters. The Balaban J connectivity index is 1.79. The van der Waals surface area contributed by atoms with Crippen molar-refractivity contribution in [3.63, 3.8) is 0 Å². The number of hydrogen-bond donors (Lipinski definition) is 1. The zero-order valence-electron chi connectivity index (χ0n) is 17.6. The maximum absolute atomic E-state index is 13.2. The molecule has 0 aliphatic carbocycles. The molecule has 3 amide bonds. The number of aryl methyl sites for hydroxylation is 1. The van der Waals surface area contributed by atoms with Crippen molar-refractivity contribution < 1.29 is 23.5 Å². The number of carbonyl (C=O) groups excluding carboxylic acids is 3. The summed E-state index contributed by atoms with van der Waals surface area (Å²) in [5.41, 5.74) is 1.32. The van der Waals surface area contributed by atoms with E-state index in [9.17, 15) is 18.8 Å². The van der Waals surface area contributed by atoms with Crippen LogP contribution in [0.15, 0.2) is 30.3 Å². The molecule has 1 saturated heterocycles. The first-order chi connectivity index (χ1) is 14.2. The van der Waals surface area contributed by atoms with Gasteiger partial charge in [-0.2, -0.15) is 0 Å². The average Bonchev–Trinajstić information content (AvgIpc) is 3.11. The Morgan fingerprint density at radius 3 is 2.50 bits per heavy atom. The number of amides is 3. The number of halogens is 1. The Kier molecular flexibility index (Phi) is 6.07. The molecule has 1 aliphatic rings. The Morgan fingerprint density at radius 1 is 1.20 bits per heavy atom. The van der Waals surface area contributed by atoms with Crippen molar-refractivity contribution in [2.75, 3.05) is 20.3 Å².